The van der Waals surface area contributed by atoms with Gasteiger partial charge in [0.25, 0.3) is 0 Å². The Morgan fingerprint density at radius 3 is 2.60 bits per heavy atom. The lowest BCUT2D eigenvalue weighted by Crippen LogP contribution is -2.48. The summed E-state index contributed by atoms with van der Waals surface area (Å²) in [4.78, 5) is 0.243. The normalized spacial score (nSPS) is 24.8. The molecule has 2 rings (SSSR count). The van der Waals surface area contributed by atoms with E-state index >= 15 is 0 Å². The quantitative estimate of drug-likeness (QED) is 0.809. The van der Waals surface area contributed by atoms with Crippen LogP contribution in [0.15, 0.2) is 17.0 Å². The molecule has 1 aliphatic heterocycles. The first-order valence-corrected chi connectivity index (χ1v) is 8.17. The average Bonchev–Trinajstić information content (AvgIpc) is 2.32. The third-order valence-electron chi connectivity index (χ3n) is 3.90. The van der Waals surface area contributed by atoms with Crippen LogP contribution < -0.4 is 5.73 Å². The number of nitrogens with zero attached hydrogens (tertiary/aromatic N) is 1. The van der Waals surface area contributed by atoms with Crippen molar-refractivity contribution in [3.63, 3.8) is 0 Å². The summed E-state index contributed by atoms with van der Waals surface area (Å²) in [6.45, 7) is 5.86. The van der Waals surface area contributed by atoms with Gasteiger partial charge in [-0.15, -0.1) is 0 Å². The van der Waals surface area contributed by atoms with Crippen LogP contribution in [-0.2, 0) is 10.0 Å². The van der Waals surface area contributed by atoms with Gasteiger partial charge >= 0.3 is 0 Å². The van der Waals surface area contributed by atoms with E-state index in [0.717, 1.165) is 5.56 Å². The minimum Gasteiger partial charge on any atom is -0.399 e. The van der Waals surface area contributed by atoms with Crippen molar-refractivity contribution in [3.05, 3.63) is 23.3 Å². The van der Waals surface area contributed by atoms with Crippen LogP contribution in [0.4, 0.5) is 5.69 Å². The number of hydrogen-bond acceptors (Lipinski definition) is 4. The van der Waals surface area contributed by atoms with Crippen LogP contribution in [0.2, 0.25) is 0 Å². The highest BCUT2D eigenvalue weighted by Gasteiger charge is 2.36. The number of rotatable bonds is 2. The molecule has 5 nitrogen and oxygen atoms in total. The Bertz CT molecular complexity index is 624. The van der Waals surface area contributed by atoms with Crippen molar-refractivity contribution >= 4 is 15.7 Å². The molecule has 0 radical (unpaired) electrons. The van der Waals surface area contributed by atoms with Gasteiger partial charge in [0.1, 0.15) is 0 Å². The Kier molecular flexibility index (Phi) is 3.83. The summed E-state index contributed by atoms with van der Waals surface area (Å²) < 4.78 is 26.9. The molecule has 3 N–H and O–H groups in total. The van der Waals surface area contributed by atoms with E-state index in [0.29, 0.717) is 30.6 Å². The molecule has 1 heterocycles. The fourth-order valence-corrected chi connectivity index (χ4v) is 4.57. The van der Waals surface area contributed by atoms with Gasteiger partial charge in [0, 0.05) is 18.8 Å². The largest absolute Gasteiger partial charge is 0.399 e. The van der Waals surface area contributed by atoms with E-state index in [1.165, 1.54) is 10.4 Å². The highest BCUT2D eigenvalue weighted by molar-refractivity contribution is 7.89. The molecule has 0 saturated carbocycles. The van der Waals surface area contributed by atoms with Gasteiger partial charge < -0.3 is 10.8 Å². The molecule has 1 atom stereocenters. The average molecular weight is 298 g/mol. The molecule has 112 valence electrons. The van der Waals surface area contributed by atoms with Gasteiger partial charge in [0.05, 0.1) is 10.5 Å². The molecule has 0 bridgehead atoms. The number of anilines is 1. The van der Waals surface area contributed by atoms with Crippen molar-refractivity contribution in [2.24, 2.45) is 0 Å². The maximum Gasteiger partial charge on any atom is 0.243 e. The highest BCUT2D eigenvalue weighted by atomic mass is 32.2. The van der Waals surface area contributed by atoms with Crippen LogP contribution in [-0.4, -0.2) is 36.5 Å². The molecule has 0 amide bonds. The van der Waals surface area contributed by atoms with Crippen molar-refractivity contribution in [3.8, 4) is 0 Å². The molecule has 0 spiro atoms. The molecule has 1 aromatic carbocycles. The summed E-state index contributed by atoms with van der Waals surface area (Å²) in [6.07, 6.45) is 1.28. The number of benzene rings is 1. The Balaban J connectivity index is 2.46. The predicted molar refractivity (Wildman–Crippen MR) is 78.9 cm³/mol. The third kappa shape index (κ3) is 2.82. The molecular weight excluding hydrogens is 276 g/mol. The summed E-state index contributed by atoms with van der Waals surface area (Å²) in [6, 6.07) is 3.27. The SMILES string of the molecule is Cc1cc(N)cc(S(=O)(=O)N2CCCC(C)(O)C2)c1C. The maximum absolute atomic E-state index is 12.8. The van der Waals surface area contributed by atoms with Gasteiger partial charge in [-0.3, -0.25) is 0 Å². The summed E-state index contributed by atoms with van der Waals surface area (Å²) in [7, 11) is -3.62. The Morgan fingerprint density at radius 1 is 1.35 bits per heavy atom. The van der Waals surface area contributed by atoms with Gasteiger partial charge in [-0.05, 0) is 56.9 Å². The zero-order valence-corrected chi connectivity index (χ0v) is 13.0. The first-order valence-electron chi connectivity index (χ1n) is 6.73. The summed E-state index contributed by atoms with van der Waals surface area (Å²) in [5.74, 6) is 0. The summed E-state index contributed by atoms with van der Waals surface area (Å²) in [5.41, 5.74) is 6.82. The number of nitrogen functional groups attached to an aromatic ring is 1. The summed E-state index contributed by atoms with van der Waals surface area (Å²) in [5, 5.41) is 10.1. The van der Waals surface area contributed by atoms with Crippen LogP contribution in [0.3, 0.4) is 0 Å². The lowest BCUT2D eigenvalue weighted by molar-refractivity contribution is 0.00939. The number of aliphatic hydroxyl groups is 1. The van der Waals surface area contributed by atoms with E-state index in [1.807, 2.05) is 6.92 Å². The summed E-state index contributed by atoms with van der Waals surface area (Å²) >= 11 is 0. The Labute approximate surface area is 120 Å². The van der Waals surface area contributed by atoms with E-state index in [4.69, 9.17) is 5.73 Å². The third-order valence-corrected chi connectivity index (χ3v) is 5.87. The number of β-amino-alcohol motifs (C(OH)–C–C–N with tert-alkyl or cyclic N) is 1. The van der Waals surface area contributed by atoms with Crippen molar-refractivity contribution in [1.29, 1.82) is 0 Å². The van der Waals surface area contributed by atoms with Crippen LogP contribution in [0.5, 0.6) is 0 Å². The molecule has 1 unspecified atom stereocenters. The fraction of sp³-hybridized carbons (Fsp3) is 0.571. The monoisotopic (exact) mass is 298 g/mol. The molecular formula is C14H22N2O3S. The molecule has 20 heavy (non-hydrogen) atoms. The molecule has 1 saturated heterocycles. The van der Waals surface area contributed by atoms with Crippen molar-refractivity contribution in [2.45, 2.75) is 44.1 Å². The van der Waals surface area contributed by atoms with E-state index in [1.54, 1.807) is 19.9 Å². The first-order chi connectivity index (χ1) is 9.13. The maximum atomic E-state index is 12.8. The van der Waals surface area contributed by atoms with Gasteiger partial charge in [0.15, 0.2) is 0 Å². The Hall–Kier alpha value is -1.11. The topological polar surface area (TPSA) is 83.6 Å². The molecule has 1 fully saturated rings. The van der Waals surface area contributed by atoms with Crippen molar-refractivity contribution in [2.75, 3.05) is 18.8 Å². The lowest BCUT2D eigenvalue weighted by Gasteiger charge is -2.36. The van der Waals surface area contributed by atoms with Crippen LogP contribution >= 0.6 is 0 Å². The molecule has 1 aliphatic rings. The lowest BCUT2D eigenvalue weighted by atomic mass is 9.97. The van der Waals surface area contributed by atoms with E-state index in [-0.39, 0.29) is 11.4 Å². The second-order valence-electron chi connectivity index (χ2n) is 5.90. The smallest absolute Gasteiger partial charge is 0.243 e. The van der Waals surface area contributed by atoms with Crippen molar-refractivity contribution in [1.82, 2.24) is 4.31 Å². The fourth-order valence-electron chi connectivity index (χ4n) is 2.64. The number of nitrogens with two attached hydrogens (primary N) is 1. The second kappa shape index (κ2) is 5.02. The first kappa shape index (κ1) is 15.3. The van der Waals surface area contributed by atoms with Crippen LogP contribution in [0.1, 0.15) is 30.9 Å². The van der Waals surface area contributed by atoms with Crippen LogP contribution in [0, 0.1) is 13.8 Å². The zero-order valence-electron chi connectivity index (χ0n) is 12.2. The number of aryl methyl sites for hydroxylation is 1. The highest BCUT2D eigenvalue weighted by Crippen LogP contribution is 2.29. The predicted octanol–water partition coefficient (Wildman–Crippen LogP) is 1.42. The number of sulfonamides is 1. The van der Waals surface area contributed by atoms with Crippen LogP contribution in [0.25, 0.3) is 0 Å². The van der Waals surface area contributed by atoms with Gasteiger partial charge in [-0.2, -0.15) is 4.31 Å². The van der Waals surface area contributed by atoms with Crippen molar-refractivity contribution < 1.29 is 13.5 Å². The van der Waals surface area contributed by atoms with E-state index < -0.39 is 15.6 Å². The van der Waals surface area contributed by atoms with E-state index in [2.05, 4.69) is 0 Å². The zero-order chi connectivity index (χ0) is 15.1. The van der Waals surface area contributed by atoms with Gasteiger partial charge in [-0.25, -0.2) is 8.42 Å². The minimum absolute atomic E-state index is 0.128. The number of piperidine rings is 1. The van der Waals surface area contributed by atoms with E-state index in [9.17, 15) is 13.5 Å². The standard InChI is InChI=1S/C14H22N2O3S/c1-10-7-12(15)8-13(11(10)2)20(18,19)16-6-4-5-14(3,17)9-16/h7-8,17H,4-6,9,15H2,1-3H3. The second-order valence-corrected chi connectivity index (χ2v) is 7.81. The molecule has 0 aromatic heterocycles. The molecule has 1 aromatic rings. The Morgan fingerprint density at radius 2 is 2.00 bits per heavy atom. The van der Waals surface area contributed by atoms with Gasteiger partial charge in [-0.1, -0.05) is 0 Å². The molecule has 6 heteroatoms. The minimum atomic E-state index is -3.62. The molecule has 0 aliphatic carbocycles. The number of hydrogen-bond donors (Lipinski definition) is 2. The van der Waals surface area contributed by atoms with Gasteiger partial charge in [0.2, 0.25) is 10.0 Å².